The normalized spacial score (nSPS) is 39.2. The molecule has 2 rings (SSSR count). The van der Waals surface area contributed by atoms with Gasteiger partial charge in [-0.25, -0.2) is 0 Å². The lowest BCUT2D eigenvalue weighted by atomic mass is 9.97. The van der Waals surface area contributed by atoms with Gasteiger partial charge in [0, 0.05) is 0 Å². The maximum atomic E-state index is 10.6. The molecular weight excluding hydrogens is 484 g/mol. The minimum atomic E-state index is -1.75. The molecule has 2 aliphatic rings. The molecule has 8 N–H and O–H groups in total. The van der Waals surface area contributed by atoms with Crippen LogP contribution < -0.4 is 0 Å². The number of aliphatic hydroxyl groups is 8. The van der Waals surface area contributed by atoms with Crippen LogP contribution in [-0.2, 0) is 23.7 Å². The average molecular weight is 529 g/mol. The van der Waals surface area contributed by atoms with Crippen LogP contribution in [0.15, 0.2) is 0 Å². The molecule has 13 nitrogen and oxygen atoms in total. The van der Waals surface area contributed by atoms with E-state index < -0.39 is 80.7 Å². The standard InChI is InChI=1S/C23H44O13/c1-3-5-6-7-13(4-2)32-10-12(26)11-33-22-20(31)18(29)21(15(9-25)35-22)36-23-19(30)17(28)16(27)14(8-24)34-23/h12-31H,3-11H2,1-2H3/t12?,13?,14-,15-,16+,17+,18-,19-,20-,21-,22-,23+/m1/s1. The summed E-state index contributed by atoms with van der Waals surface area (Å²) in [6.45, 7) is 2.52. The fourth-order valence-electron chi connectivity index (χ4n) is 4.22. The van der Waals surface area contributed by atoms with Gasteiger partial charge in [0.05, 0.1) is 32.5 Å². The minimum absolute atomic E-state index is 0.0161. The lowest BCUT2D eigenvalue weighted by Crippen LogP contribution is -2.64. The summed E-state index contributed by atoms with van der Waals surface area (Å²) in [4.78, 5) is 0. The predicted octanol–water partition coefficient (Wildman–Crippen LogP) is -2.64. The second-order valence-corrected chi connectivity index (χ2v) is 9.35. The van der Waals surface area contributed by atoms with Crippen LogP contribution in [0.5, 0.6) is 0 Å². The van der Waals surface area contributed by atoms with Crippen molar-refractivity contribution in [2.75, 3.05) is 26.4 Å². The Morgan fingerprint density at radius 3 is 2.00 bits per heavy atom. The molecule has 0 aromatic carbocycles. The Labute approximate surface area is 211 Å². The first-order chi connectivity index (χ1) is 17.2. The molecule has 0 amide bonds. The van der Waals surface area contributed by atoms with Crippen LogP contribution in [0, 0.1) is 0 Å². The van der Waals surface area contributed by atoms with Gasteiger partial charge in [0.15, 0.2) is 12.6 Å². The zero-order chi connectivity index (χ0) is 26.8. The highest BCUT2D eigenvalue weighted by atomic mass is 16.7. The molecule has 2 aliphatic heterocycles. The molecular formula is C23H44O13. The van der Waals surface area contributed by atoms with Gasteiger partial charge in [-0.15, -0.1) is 0 Å². The fourth-order valence-corrected chi connectivity index (χ4v) is 4.22. The number of unbranched alkanes of at least 4 members (excludes halogenated alkanes) is 2. The summed E-state index contributed by atoms with van der Waals surface area (Å²) in [5, 5.41) is 80.4. The monoisotopic (exact) mass is 528 g/mol. The summed E-state index contributed by atoms with van der Waals surface area (Å²) in [5.74, 6) is 0. The van der Waals surface area contributed by atoms with Gasteiger partial charge in [-0.2, -0.15) is 0 Å². The minimum Gasteiger partial charge on any atom is -0.394 e. The first kappa shape index (κ1) is 31.7. The van der Waals surface area contributed by atoms with E-state index >= 15 is 0 Å². The third-order valence-corrected chi connectivity index (χ3v) is 6.52. The Hall–Kier alpha value is -0.520. The van der Waals surface area contributed by atoms with Crippen LogP contribution in [0.25, 0.3) is 0 Å². The van der Waals surface area contributed by atoms with Crippen LogP contribution in [0.3, 0.4) is 0 Å². The summed E-state index contributed by atoms with van der Waals surface area (Å²) in [5.41, 5.74) is 0. The summed E-state index contributed by atoms with van der Waals surface area (Å²) >= 11 is 0. The number of ether oxygens (including phenoxy) is 5. The van der Waals surface area contributed by atoms with Gasteiger partial charge in [0.1, 0.15) is 54.9 Å². The zero-order valence-corrected chi connectivity index (χ0v) is 20.9. The molecule has 12 atom stereocenters. The summed E-state index contributed by atoms with van der Waals surface area (Å²) in [6, 6.07) is 0. The Bertz CT molecular complexity index is 594. The molecule has 13 heteroatoms. The van der Waals surface area contributed by atoms with Crippen molar-refractivity contribution >= 4 is 0 Å². The molecule has 2 heterocycles. The molecule has 0 aromatic rings. The third-order valence-electron chi connectivity index (χ3n) is 6.52. The molecule has 2 fully saturated rings. The van der Waals surface area contributed by atoms with Crippen molar-refractivity contribution in [3.05, 3.63) is 0 Å². The van der Waals surface area contributed by atoms with E-state index in [1.807, 2.05) is 6.92 Å². The van der Waals surface area contributed by atoms with E-state index in [1.165, 1.54) is 0 Å². The number of rotatable bonds is 15. The van der Waals surface area contributed by atoms with Gasteiger partial charge in [0.25, 0.3) is 0 Å². The van der Waals surface area contributed by atoms with Crippen molar-refractivity contribution in [2.24, 2.45) is 0 Å². The van der Waals surface area contributed by atoms with E-state index in [2.05, 4.69) is 6.92 Å². The first-order valence-corrected chi connectivity index (χ1v) is 12.7. The second kappa shape index (κ2) is 15.8. The molecule has 2 unspecified atom stereocenters. The van der Waals surface area contributed by atoms with E-state index in [-0.39, 0.29) is 19.3 Å². The van der Waals surface area contributed by atoms with Crippen LogP contribution in [-0.4, -0.2) is 141 Å². The Balaban J connectivity index is 1.89. The molecule has 0 aliphatic carbocycles. The topological polar surface area (TPSA) is 208 Å². The van der Waals surface area contributed by atoms with Crippen LogP contribution >= 0.6 is 0 Å². The largest absolute Gasteiger partial charge is 0.394 e. The van der Waals surface area contributed by atoms with Gasteiger partial charge >= 0.3 is 0 Å². The summed E-state index contributed by atoms with van der Waals surface area (Å²) in [6.07, 6.45) is -11.4. The van der Waals surface area contributed by atoms with Crippen LogP contribution in [0.4, 0.5) is 0 Å². The second-order valence-electron chi connectivity index (χ2n) is 9.35. The quantitative estimate of drug-likeness (QED) is 0.102. The zero-order valence-electron chi connectivity index (χ0n) is 20.9. The predicted molar refractivity (Wildman–Crippen MR) is 123 cm³/mol. The number of hydrogen-bond acceptors (Lipinski definition) is 13. The van der Waals surface area contributed by atoms with Crippen LogP contribution in [0.2, 0.25) is 0 Å². The summed E-state index contributed by atoms with van der Waals surface area (Å²) < 4.78 is 27.4. The lowest BCUT2D eigenvalue weighted by Gasteiger charge is -2.46. The van der Waals surface area contributed by atoms with Crippen molar-refractivity contribution in [3.63, 3.8) is 0 Å². The lowest BCUT2D eigenvalue weighted by molar-refractivity contribution is -0.360. The molecule has 0 radical (unpaired) electrons. The molecule has 214 valence electrons. The van der Waals surface area contributed by atoms with Crippen molar-refractivity contribution in [2.45, 2.75) is 120 Å². The highest BCUT2D eigenvalue weighted by Crippen LogP contribution is 2.29. The van der Waals surface area contributed by atoms with Gasteiger partial charge in [0.2, 0.25) is 0 Å². The maximum Gasteiger partial charge on any atom is 0.187 e. The molecule has 0 bridgehead atoms. The smallest absolute Gasteiger partial charge is 0.187 e. The third kappa shape index (κ3) is 8.50. The average Bonchev–Trinajstić information content (AvgIpc) is 2.88. The SMILES string of the molecule is CCCCCC(CC)OCC(O)CO[C@@H]1O[C@H](CO)[C@@H](O[C@@H]2O[C@H](CO)[C@H](O)[C@H](O)[C@H]2O)[C@H](O)[C@H]1O. The van der Waals surface area contributed by atoms with E-state index in [1.54, 1.807) is 0 Å². The molecule has 2 saturated heterocycles. The van der Waals surface area contributed by atoms with E-state index in [9.17, 15) is 40.9 Å². The molecule has 36 heavy (non-hydrogen) atoms. The maximum absolute atomic E-state index is 10.6. The molecule has 0 spiro atoms. The number of aliphatic hydroxyl groups excluding tert-OH is 8. The number of hydrogen-bond donors (Lipinski definition) is 8. The molecule has 0 aromatic heterocycles. The Kier molecular flexibility index (Phi) is 13.9. The van der Waals surface area contributed by atoms with E-state index in [0.717, 1.165) is 32.1 Å². The van der Waals surface area contributed by atoms with Crippen molar-refractivity contribution in [1.29, 1.82) is 0 Å². The highest BCUT2D eigenvalue weighted by Gasteiger charge is 2.50. The molecule has 0 saturated carbocycles. The fraction of sp³-hybridized carbons (Fsp3) is 1.00. The van der Waals surface area contributed by atoms with Crippen LogP contribution in [0.1, 0.15) is 46.0 Å². The van der Waals surface area contributed by atoms with Gasteiger partial charge in [-0.1, -0.05) is 33.1 Å². The Morgan fingerprint density at radius 1 is 0.750 bits per heavy atom. The van der Waals surface area contributed by atoms with E-state index in [0.29, 0.717) is 0 Å². The Morgan fingerprint density at radius 2 is 1.39 bits per heavy atom. The van der Waals surface area contributed by atoms with Crippen molar-refractivity contribution < 1.29 is 64.5 Å². The van der Waals surface area contributed by atoms with E-state index in [4.69, 9.17) is 23.7 Å². The van der Waals surface area contributed by atoms with Crippen molar-refractivity contribution in [1.82, 2.24) is 0 Å². The summed E-state index contributed by atoms with van der Waals surface area (Å²) in [7, 11) is 0. The first-order valence-electron chi connectivity index (χ1n) is 12.7. The van der Waals surface area contributed by atoms with Gasteiger partial charge < -0.3 is 64.5 Å². The van der Waals surface area contributed by atoms with Crippen molar-refractivity contribution in [3.8, 4) is 0 Å². The van der Waals surface area contributed by atoms with Gasteiger partial charge in [-0.3, -0.25) is 0 Å². The van der Waals surface area contributed by atoms with Gasteiger partial charge in [-0.05, 0) is 12.8 Å². The highest BCUT2D eigenvalue weighted by molar-refractivity contribution is 4.94.